The molecule has 4 bridgehead atoms. The fourth-order valence-electron chi connectivity index (χ4n) is 8.05. The number of hydrogen-bond acceptors (Lipinski definition) is 2. The van der Waals surface area contributed by atoms with Crippen LogP contribution in [-0.4, -0.2) is 23.5 Å². The average Bonchev–Trinajstić information content (AvgIpc) is 3.14. The van der Waals surface area contributed by atoms with Gasteiger partial charge in [-0.05, 0) is 73.5 Å². The van der Waals surface area contributed by atoms with E-state index in [0.29, 0.717) is 11.7 Å². The Morgan fingerprint density at radius 3 is 2.07 bits per heavy atom. The van der Waals surface area contributed by atoms with E-state index < -0.39 is 0 Å². The van der Waals surface area contributed by atoms with Crippen LogP contribution < -0.4 is 4.90 Å². The molecule has 0 N–H and O–H groups in total. The van der Waals surface area contributed by atoms with Crippen LogP contribution in [0.1, 0.15) is 50.3 Å². The van der Waals surface area contributed by atoms with Gasteiger partial charge < -0.3 is 4.90 Å². The lowest BCUT2D eigenvalue weighted by Gasteiger charge is -2.61. The first-order valence-corrected chi connectivity index (χ1v) is 11.0. The molecule has 27 heavy (non-hydrogen) atoms. The molecule has 0 aromatic heterocycles. The Bertz CT molecular complexity index is 881. The van der Waals surface area contributed by atoms with Crippen molar-refractivity contribution in [3.63, 3.8) is 0 Å². The van der Waals surface area contributed by atoms with E-state index in [9.17, 15) is 0 Å². The first kappa shape index (κ1) is 15.2. The van der Waals surface area contributed by atoms with Gasteiger partial charge in [-0.2, -0.15) is 0 Å². The third kappa shape index (κ3) is 1.95. The molecule has 138 valence electrons. The molecular formula is C25H28N2. The molecule has 8 rings (SSSR count). The molecule has 6 aliphatic rings. The summed E-state index contributed by atoms with van der Waals surface area (Å²) in [5.41, 5.74) is 6.37. The van der Waals surface area contributed by atoms with E-state index in [1.807, 2.05) is 0 Å². The first-order chi connectivity index (χ1) is 13.3. The molecule has 1 unspecified atom stereocenters. The van der Waals surface area contributed by atoms with Gasteiger partial charge >= 0.3 is 0 Å². The van der Waals surface area contributed by atoms with Crippen LogP contribution in [0.4, 0.5) is 5.69 Å². The van der Waals surface area contributed by atoms with Crippen LogP contribution in [0.3, 0.4) is 0 Å². The monoisotopic (exact) mass is 356 g/mol. The van der Waals surface area contributed by atoms with Crippen LogP contribution in [0, 0.1) is 17.8 Å². The second-order valence-corrected chi connectivity index (χ2v) is 10.0. The molecule has 2 nitrogen and oxygen atoms in total. The minimum atomic E-state index is 0.451. The van der Waals surface area contributed by atoms with Crippen molar-refractivity contribution in [2.45, 2.75) is 50.2 Å². The summed E-state index contributed by atoms with van der Waals surface area (Å²) in [6.45, 7) is 2.41. The summed E-state index contributed by atoms with van der Waals surface area (Å²) in [5.74, 6) is 3.03. The largest absolute Gasteiger partial charge is 0.350 e. The second-order valence-electron chi connectivity index (χ2n) is 10.0. The Balaban J connectivity index is 1.38. The highest BCUT2D eigenvalue weighted by Crippen LogP contribution is 2.61. The van der Waals surface area contributed by atoms with E-state index in [4.69, 9.17) is 0 Å². The van der Waals surface area contributed by atoms with Crippen molar-refractivity contribution in [1.29, 1.82) is 0 Å². The molecule has 1 saturated heterocycles. The van der Waals surface area contributed by atoms with Crippen molar-refractivity contribution in [3.8, 4) is 11.1 Å². The van der Waals surface area contributed by atoms with Crippen LogP contribution in [0.15, 0.2) is 48.5 Å². The molecule has 2 aliphatic heterocycles. The normalized spacial score (nSPS) is 38.6. The number of hydrogen-bond donors (Lipinski definition) is 0. The molecule has 0 radical (unpaired) electrons. The lowest BCUT2D eigenvalue weighted by molar-refractivity contribution is -0.0939. The summed E-state index contributed by atoms with van der Waals surface area (Å²) in [4.78, 5) is 5.70. The Kier molecular flexibility index (Phi) is 2.90. The number of benzene rings is 2. The van der Waals surface area contributed by atoms with Crippen molar-refractivity contribution in [1.82, 2.24) is 4.90 Å². The van der Waals surface area contributed by atoms with Crippen LogP contribution in [-0.2, 0) is 0 Å². The molecule has 2 heteroatoms. The van der Waals surface area contributed by atoms with Crippen molar-refractivity contribution in [2.75, 3.05) is 18.0 Å². The van der Waals surface area contributed by atoms with Crippen molar-refractivity contribution < 1.29 is 0 Å². The second kappa shape index (κ2) is 5.17. The fourth-order valence-corrected chi connectivity index (χ4v) is 8.05. The number of fused-ring (bicyclic) bond motifs is 6. The van der Waals surface area contributed by atoms with E-state index in [1.165, 1.54) is 68.4 Å². The van der Waals surface area contributed by atoms with Gasteiger partial charge in [-0.15, -0.1) is 0 Å². The predicted octanol–water partition coefficient (Wildman–Crippen LogP) is 5.46. The van der Waals surface area contributed by atoms with Gasteiger partial charge in [0, 0.05) is 29.9 Å². The molecular weight excluding hydrogens is 328 g/mol. The highest BCUT2D eigenvalue weighted by molar-refractivity contribution is 5.85. The molecule has 4 saturated carbocycles. The van der Waals surface area contributed by atoms with E-state index in [2.05, 4.69) is 58.3 Å². The average molecular weight is 357 g/mol. The predicted molar refractivity (Wildman–Crippen MR) is 110 cm³/mol. The van der Waals surface area contributed by atoms with Gasteiger partial charge in [-0.1, -0.05) is 42.5 Å². The van der Waals surface area contributed by atoms with Crippen LogP contribution in [0.5, 0.6) is 0 Å². The fraction of sp³-hybridized carbons (Fsp3) is 0.520. The number of rotatable bonds is 1. The third-order valence-corrected chi connectivity index (χ3v) is 8.53. The Morgan fingerprint density at radius 1 is 0.704 bits per heavy atom. The van der Waals surface area contributed by atoms with Crippen LogP contribution >= 0.6 is 0 Å². The van der Waals surface area contributed by atoms with Gasteiger partial charge in [0.05, 0.1) is 0 Å². The zero-order valence-electron chi connectivity index (χ0n) is 16.0. The molecule has 2 aromatic rings. The van der Waals surface area contributed by atoms with Crippen LogP contribution in [0.2, 0.25) is 0 Å². The van der Waals surface area contributed by atoms with Crippen LogP contribution in [0.25, 0.3) is 11.1 Å². The maximum Gasteiger partial charge on any atom is 0.109 e. The summed E-state index contributed by atoms with van der Waals surface area (Å²) in [5, 5.41) is 0. The van der Waals surface area contributed by atoms with Gasteiger partial charge in [-0.3, -0.25) is 4.90 Å². The molecule has 2 heterocycles. The lowest BCUT2D eigenvalue weighted by Crippen LogP contribution is -2.60. The molecule has 0 spiro atoms. The molecule has 4 aliphatic carbocycles. The number of nitrogens with zero attached hydrogens (tertiary/aromatic N) is 2. The summed E-state index contributed by atoms with van der Waals surface area (Å²) in [6, 6.07) is 18.3. The topological polar surface area (TPSA) is 6.48 Å². The van der Waals surface area contributed by atoms with Gasteiger partial charge in [0.1, 0.15) is 6.17 Å². The number of anilines is 1. The maximum absolute atomic E-state index is 2.98. The first-order valence-electron chi connectivity index (χ1n) is 11.0. The van der Waals surface area contributed by atoms with Crippen molar-refractivity contribution in [3.05, 3.63) is 54.1 Å². The number of para-hydroxylation sites is 1. The molecule has 1 atom stereocenters. The molecule has 5 fully saturated rings. The van der Waals surface area contributed by atoms with Gasteiger partial charge in [0.2, 0.25) is 0 Å². The summed E-state index contributed by atoms with van der Waals surface area (Å²) >= 11 is 0. The summed E-state index contributed by atoms with van der Waals surface area (Å²) in [6.07, 6.45) is 9.43. The van der Waals surface area contributed by atoms with Crippen molar-refractivity contribution >= 4 is 5.69 Å². The lowest BCUT2D eigenvalue weighted by atomic mass is 9.52. The molecule has 0 amide bonds. The van der Waals surface area contributed by atoms with Crippen molar-refractivity contribution in [2.24, 2.45) is 17.8 Å². The maximum atomic E-state index is 2.98. The Morgan fingerprint density at radius 2 is 1.33 bits per heavy atom. The summed E-state index contributed by atoms with van der Waals surface area (Å²) in [7, 11) is 0. The quantitative estimate of drug-likeness (QED) is 0.670. The zero-order valence-corrected chi connectivity index (χ0v) is 16.0. The highest BCUT2D eigenvalue weighted by Gasteiger charge is 2.57. The van der Waals surface area contributed by atoms with Gasteiger partial charge in [0.15, 0.2) is 0 Å². The minimum Gasteiger partial charge on any atom is -0.350 e. The Labute approximate surface area is 162 Å². The van der Waals surface area contributed by atoms with Gasteiger partial charge in [-0.25, -0.2) is 0 Å². The summed E-state index contributed by atoms with van der Waals surface area (Å²) < 4.78 is 0. The zero-order chi connectivity index (χ0) is 17.6. The smallest absolute Gasteiger partial charge is 0.109 e. The Hall–Kier alpha value is -1.80. The van der Waals surface area contributed by atoms with Gasteiger partial charge in [0.25, 0.3) is 0 Å². The third-order valence-electron chi connectivity index (χ3n) is 8.53. The molecule has 2 aromatic carbocycles. The van der Waals surface area contributed by atoms with E-state index >= 15 is 0 Å². The van der Waals surface area contributed by atoms with E-state index in [1.54, 1.807) is 5.56 Å². The minimum absolute atomic E-state index is 0.451. The van der Waals surface area contributed by atoms with E-state index in [0.717, 1.165) is 17.8 Å². The van der Waals surface area contributed by atoms with E-state index in [-0.39, 0.29) is 0 Å². The highest BCUT2D eigenvalue weighted by atomic mass is 15.5. The SMILES string of the molecule is c1ccc2c(c1)-c1ccccc1N1CCN(C34CC5CC(CC(C5)C3)C4)C21. The standard InChI is InChI=1S/C25H28N2/c1-2-7-22-20(5-1)21-6-3-4-8-23(21)26-9-10-27(24(22)26)25-14-17-11-18(15-25)13-19(12-17)16-25/h1-8,17-19,24H,9-16H2.